The summed E-state index contributed by atoms with van der Waals surface area (Å²) in [7, 11) is 3.03. The van der Waals surface area contributed by atoms with E-state index in [-0.39, 0.29) is 95.5 Å². The van der Waals surface area contributed by atoms with Crippen LogP contribution in [0.2, 0.25) is 0 Å². The fourth-order valence-corrected chi connectivity index (χ4v) is 15.0. The monoisotopic (exact) mass is 1450 g/mol. The van der Waals surface area contributed by atoms with Crippen molar-refractivity contribution in [1.82, 2.24) is 31.1 Å². The Bertz CT molecular complexity index is 4300. The molecule has 5 atom stereocenters. The SMILES string of the molecule is COc1cc2c(cc1OCCCCCOc1cc3c(cc1OC)C(=O)N1CC4(CC4)C[C@H]1[C@H](O)N3C(=O)OCc1ccc(NC(=O)[C@H](C)NC(=O)[C@@H](NC(=O)CNC(=O)CNC(=O)CCC(=O)N3Cc4ccccc4C(=NC(C)C)C(=NN)c4ccccc43)C(C)C)cc1)NCC1(C)CC3(CC3)CN1C2=O. The van der Waals surface area contributed by atoms with Crippen LogP contribution in [0.1, 0.15) is 155 Å². The number of aliphatic hydroxyl groups is 1. The van der Waals surface area contributed by atoms with E-state index in [9.17, 15) is 48.3 Å². The first-order valence-corrected chi connectivity index (χ1v) is 36.4. The van der Waals surface area contributed by atoms with Crippen LogP contribution in [0, 0.1) is 16.7 Å². The van der Waals surface area contributed by atoms with Crippen LogP contribution in [0.15, 0.2) is 107 Å². The fourth-order valence-electron chi connectivity index (χ4n) is 15.0. The minimum absolute atomic E-state index is 0.00572. The van der Waals surface area contributed by atoms with Gasteiger partial charge in [0, 0.05) is 67.5 Å². The van der Waals surface area contributed by atoms with E-state index in [4.69, 9.17) is 34.5 Å². The number of amides is 9. The molecule has 28 nitrogen and oxygen atoms in total. The van der Waals surface area contributed by atoms with Gasteiger partial charge >= 0.3 is 6.09 Å². The van der Waals surface area contributed by atoms with Gasteiger partial charge < -0.3 is 81.2 Å². The first-order chi connectivity index (χ1) is 50.8. The second kappa shape index (κ2) is 31.5. The van der Waals surface area contributed by atoms with Crippen molar-refractivity contribution >= 4 is 87.5 Å². The van der Waals surface area contributed by atoms with Gasteiger partial charge in [0.05, 0.1) is 92.5 Å². The lowest BCUT2D eigenvalue weighted by atomic mass is 9.91. The molecule has 562 valence electrons. The standard InChI is InChI=1S/C78H95N13O15/c1-45(2)67(86-65(94)38-81-64(93)37-80-63(92)24-25-66(95)88-39-49-16-10-11-17-51(49)68(83-46(3)4)69(87-79)52-18-12-13-19-56(52)88)71(97)84-47(5)70(96)85-50-22-20-48(21-23-50)40-106-75(101)91-57-35-62(60(103-8)33-54(57)72(98)89-43-77(26-27-77)36-58(89)74(91)100)105-31-15-9-14-30-104-61-34-55-53(32-59(61)102-7)73(99)90-44-78(28-29-78)41-76(90,6)42-82-55/h10-13,16-23,32-35,45-47,58,67,74,82,100H,9,14-15,24-31,36-44,79H2,1-8H3,(H,80,92)(H,81,93)(H,84,97)(H,85,96)(H,86,94)/t47-,58-,67-,74-,76?/m0/s1. The molecular weight excluding hydrogens is 1360 g/mol. The molecular formula is C78H95N13O15. The van der Waals surface area contributed by atoms with Crippen molar-refractivity contribution in [2.75, 3.05) is 80.6 Å². The average molecular weight is 1450 g/mol. The molecule has 7 aliphatic rings. The molecule has 4 fully saturated rings. The smallest absolute Gasteiger partial charge is 0.416 e. The molecule has 2 saturated carbocycles. The van der Waals surface area contributed by atoms with Crippen molar-refractivity contribution in [1.29, 1.82) is 0 Å². The number of carbonyl (C=O) groups excluding carboxylic acids is 9. The van der Waals surface area contributed by atoms with Gasteiger partial charge in [0.15, 0.2) is 29.2 Å². The van der Waals surface area contributed by atoms with Crippen LogP contribution in [-0.4, -0.2) is 176 Å². The highest BCUT2D eigenvalue weighted by Crippen LogP contribution is 2.60. The van der Waals surface area contributed by atoms with Crippen LogP contribution < -0.4 is 66.5 Å². The van der Waals surface area contributed by atoms with Gasteiger partial charge in [-0.2, -0.15) is 5.10 Å². The Balaban J connectivity index is 0.589. The van der Waals surface area contributed by atoms with Crippen LogP contribution in [0.25, 0.3) is 0 Å². The highest BCUT2D eigenvalue weighted by Gasteiger charge is 2.60. The number of carbonyl (C=O) groups is 9. The molecule has 2 saturated heterocycles. The van der Waals surface area contributed by atoms with Gasteiger partial charge in [0.1, 0.15) is 24.4 Å². The Morgan fingerprint density at radius 2 is 1.33 bits per heavy atom. The molecule has 5 heterocycles. The van der Waals surface area contributed by atoms with E-state index in [1.807, 2.05) is 61.2 Å². The van der Waals surface area contributed by atoms with Gasteiger partial charge in [-0.25, -0.2) is 9.69 Å². The third-order valence-electron chi connectivity index (χ3n) is 21.1. The van der Waals surface area contributed by atoms with Crippen LogP contribution in [-0.2, 0) is 46.7 Å². The number of para-hydroxylation sites is 1. The summed E-state index contributed by atoms with van der Waals surface area (Å²) in [6.45, 7) is 12.3. The van der Waals surface area contributed by atoms with Crippen molar-refractivity contribution in [3.8, 4) is 23.0 Å². The van der Waals surface area contributed by atoms with E-state index < -0.39 is 79.0 Å². The minimum Gasteiger partial charge on any atom is -0.493 e. The van der Waals surface area contributed by atoms with Crippen molar-refractivity contribution in [3.63, 3.8) is 0 Å². The highest BCUT2D eigenvalue weighted by atomic mass is 16.6. The lowest BCUT2D eigenvalue weighted by Gasteiger charge is -2.33. The summed E-state index contributed by atoms with van der Waals surface area (Å²) in [6, 6.07) is 24.9. The maximum atomic E-state index is 14.5. The summed E-state index contributed by atoms with van der Waals surface area (Å²) in [5.74, 6) is 3.14. The largest absolute Gasteiger partial charge is 0.493 e. The number of hydrogen-bond donors (Lipinski definition) is 8. The number of nitrogens with two attached hydrogens (primary N) is 1. The predicted molar refractivity (Wildman–Crippen MR) is 396 cm³/mol. The number of unbranched alkanes of at least 4 members (excludes halogenated alkanes) is 2. The predicted octanol–water partition coefficient (Wildman–Crippen LogP) is 7.32. The maximum absolute atomic E-state index is 14.5. The zero-order chi connectivity index (χ0) is 75.4. The molecule has 106 heavy (non-hydrogen) atoms. The van der Waals surface area contributed by atoms with E-state index in [1.54, 1.807) is 73.2 Å². The van der Waals surface area contributed by atoms with Crippen molar-refractivity contribution in [2.24, 2.45) is 32.7 Å². The first kappa shape index (κ1) is 74.9. The van der Waals surface area contributed by atoms with E-state index in [0.717, 1.165) is 60.4 Å². The summed E-state index contributed by atoms with van der Waals surface area (Å²) >= 11 is 0. The Kier molecular flexibility index (Phi) is 22.3. The Hall–Kier alpha value is -10.8. The number of anilines is 4. The summed E-state index contributed by atoms with van der Waals surface area (Å²) in [5.41, 5.74) is 5.98. The Labute approximate surface area is 615 Å². The molecule has 12 rings (SSSR count). The quantitative estimate of drug-likeness (QED) is 0.0153. The fraction of sp³-hybridized carbons (Fsp3) is 0.474. The lowest BCUT2D eigenvalue weighted by Crippen LogP contribution is -2.55. The van der Waals surface area contributed by atoms with Gasteiger partial charge in [0.2, 0.25) is 35.4 Å². The number of nitrogens with one attached hydrogen (secondary N) is 6. The van der Waals surface area contributed by atoms with Crippen LogP contribution in [0.3, 0.4) is 0 Å². The highest BCUT2D eigenvalue weighted by molar-refractivity contribution is 6.55. The van der Waals surface area contributed by atoms with Crippen molar-refractivity contribution in [2.45, 2.75) is 161 Å². The lowest BCUT2D eigenvalue weighted by molar-refractivity contribution is -0.132. The summed E-state index contributed by atoms with van der Waals surface area (Å²) < 4.78 is 29.9. The second-order valence-corrected chi connectivity index (χ2v) is 29.8. The number of hydrazone groups is 1. The van der Waals surface area contributed by atoms with E-state index in [0.29, 0.717) is 96.4 Å². The van der Waals surface area contributed by atoms with Crippen LogP contribution in [0.4, 0.5) is 27.5 Å². The molecule has 5 aliphatic heterocycles. The molecule has 0 aromatic heterocycles. The summed E-state index contributed by atoms with van der Waals surface area (Å²) in [4.78, 5) is 134. The molecule has 5 aromatic carbocycles. The molecule has 5 aromatic rings. The number of fused-ring (bicyclic) bond motifs is 6. The normalized spacial score (nSPS) is 20.4. The zero-order valence-electron chi connectivity index (χ0n) is 61.3. The topological polar surface area (TPSA) is 356 Å². The van der Waals surface area contributed by atoms with Gasteiger partial charge in [-0.05, 0) is 144 Å². The van der Waals surface area contributed by atoms with Crippen molar-refractivity contribution in [3.05, 3.63) is 130 Å². The molecule has 9 amide bonds. The number of rotatable bonds is 26. The molecule has 2 aliphatic carbocycles. The van der Waals surface area contributed by atoms with Gasteiger partial charge in [-0.1, -0.05) is 68.4 Å². The second-order valence-electron chi connectivity index (χ2n) is 29.8. The Morgan fingerprint density at radius 1 is 0.679 bits per heavy atom. The molecule has 28 heteroatoms. The van der Waals surface area contributed by atoms with E-state index in [1.165, 1.54) is 26.2 Å². The third kappa shape index (κ3) is 16.4. The summed E-state index contributed by atoms with van der Waals surface area (Å²) in [5, 5.41) is 32.8. The van der Waals surface area contributed by atoms with Crippen LogP contribution >= 0.6 is 0 Å². The summed E-state index contributed by atoms with van der Waals surface area (Å²) in [6.07, 6.45) is 4.77. The average Bonchev–Trinajstić information content (AvgIpc) is 1.56. The van der Waals surface area contributed by atoms with E-state index >= 15 is 0 Å². The number of aliphatic hydroxyl groups excluding tert-OH is 1. The molecule has 0 bridgehead atoms. The van der Waals surface area contributed by atoms with Crippen molar-refractivity contribution < 1.29 is 71.9 Å². The number of benzene rings is 5. The maximum Gasteiger partial charge on any atom is 0.416 e. The van der Waals surface area contributed by atoms with E-state index in [2.05, 4.69) is 43.9 Å². The number of hydrogen-bond acceptors (Lipinski definition) is 19. The van der Waals surface area contributed by atoms with Gasteiger partial charge in [-0.15, -0.1) is 0 Å². The number of nitrogens with zero attached hydrogens (tertiary/aromatic N) is 6. The first-order valence-electron chi connectivity index (χ1n) is 36.4. The molecule has 1 unspecified atom stereocenters. The van der Waals surface area contributed by atoms with Gasteiger partial charge in [0.25, 0.3) is 11.8 Å². The molecule has 2 spiro atoms. The number of ether oxygens (including phenoxy) is 5. The number of aliphatic imine (C=N–C) groups is 1. The Morgan fingerprint density at radius 3 is 2.00 bits per heavy atom. The number of methoxy groups -OCH3 is 2. The van der Waals surface area contributed by atoms with Crippen LogP contribution in [0.5, 0.6) is 23.0 Å². The zero-order valence-corrected chi connectivity index (χ0v) is 61.3. The van der Waals surface area contributed by atoms with Gasteiger partial charge in [-0.3, -0.25) is 43.3 Å². The third-order valence-corrected chi connectivity index (χ3v) is 21.1. The minimum atomic E-state index is -1.47. The molecule has 9 N–H and O–H groups in total. The molecule has 0 radical (unpaired) electrons.